The lowest BCUT2D eigenvalue weighted by molar-refractivity contribution is -0.132. The summed E-state index contributed by atoms with van der Waals surface area (Å²) < 4.78 is 0. The van der Waals surface area contributed by atoms with E-state index in [4.69, 9.17) is 0 Å². The zero-order valence-electron chi connectivity index (χ0n) is 13.4. The monoisotopic (exact) mass is 260 g/mol. The van der Waals surface area contributed by atoms with Crippen molar-refractivity contribution in [3.8, 4) is 0 Å². The SMILES string of the molecule is CC(C(=O)C(C)(c1ccccc1)C(C)C)C(C)(C)C. The van der Waals surface area contributed by atoms with E-state index in [-0.39, 0.29) is 17.3 Å². The van der Waals surface area contributed by atoms with Crippen LogP contribution >= 0.6 is 0 Å². The maximum atomic E-state index is 13.1. The summed E-state index contributed by atoms with van der Waals surface area (Å²) in [5.74, 6) is 0.675. The van der Waals surface area contributed by atoms with Crippen molar-refractivity contribution >= 4 is 5.78 Å². The zero-order valence-corrected chi connectivity index (χ0v) is 13.4. The molecule has 1 rings (SSSR count). The molecule has 1 aromatic carbocycles. The van der Waals surface area contributed by atoms with Crippen molar-refractivity contribution in [2.75, 3.05) is 0 Å². The maximum absolute atomic E-state index is 13.1. The van der Waals surface area contributed by atoms with Crippen LogP contribution in [-0.4, -0.2) is 5.78 Å². The molecule has 1 aromatic rings. The number of carbonyl (C=O) groups is 1. The first-order chi connectivity index (χ1) is 8.61. The standard InChI is InChI=1S/C18H28O/c1-13(2)18(7,15-11-9-8-10-12-15)16(19)14(3)17(4,5)6/h8-14H,1-7H3. The first-order valence-electron chi connectivity index (χ1n) is 7.21. The highest BCUT2D eigenvalue weighted by Crippen LogP contribution is 2.39. The molecule has 0 aliphatic carbocycles. The summed E-state index contributed by atoms with van der Waals surface area (Å²) in [6.07, 6.45) is 0. The van der Waals surface area contributed by atoms with Gasteiger partial charge >= 0.3 is 0 Å². The fourth-order valence-corrected chi connectivity index (χ4v) is 2.39. The van der Waals surface area contributed by atoms with E-state index in [1.807, 2.05) is 18.2 Å². The van der Waals surface area contributed by atoms with E-state index in [0.29, 0.717) is 5.78 Å². The van der Waals surface area contributed by atoms with Crippen LogP contribution in [0, 0.1) is 17.3 Å². The Hall–Kier alpha value is -1.11. The molecule has 0 aromatic heterocycles. The van der Waals surface area contributed by atoms with Crippen molar-refractivity contribution < 1.29 is 4.79 Å². The quantitative estimate of drug-likeness (QED) is 0.756. The second kappa shape index (κ2) is 5.48. The highest BCUT2D eigenvalue weighted by atomic mass is 16.1. The maximum Gasteiger partial charge on any atom is 0.146 e. The van der Waals surface area contributed by atoms with Crippen LogP contribution in [0.1, 0.15) is 54.0 Å². The number of carbonyl (C=O) groups excluding carboxylic acids is 1. The summed E-state index contributed by atoms with van der Waals surface area (Å²) >= 11 is 0. The van der Waals surface area contributed by atoms with E-state index in [0.717, 1.165) is 5.56 Å². The van der Waals surface area contributed by atoms with Crippen LogP contribution in [0.4, 0.5) is 0 Å². The van der Waals surface area contributed by atoms with Gasteiger partial charge in [0, 0.05) is 5.92 Å². The van der Waals surface area contributed by atoms with Crippen LogP contribution in [0.15, 0.2) is 30.3 Å². The minimum absolute atomic E-state index is 0.00200. The molecule has 1 heteroatoms. The summed E-state index contributed by atoms with van der Waals surface area (Å²) in [5.41, 5.74) is 0.724. The molecule has 0 N–H and O–H groups in total. The van der Waals surface area contributed by atoms with E-state index in [2.05, 4.69) is 60.6 Å². The number of Topliss-reactive ketones (excluding diaryl/α,β-unsaturated/α-hetero) is 1. The number of rotatable bonds is 4. The molecular formula is C18H28O. The minimum atomic E-state index is -0.409. The third kappa shape index (κ3) is 3.08. The van der Waals surface area contributed by atoms with Gasteiger partial charge in [0.05, 0.1) is 5.41 Å². The molecule has 0 saturated heterocycles. The Bertz CT molecular complexity index is 425. The van der Waals surface area contributed by atoms with Gasteiger partial charge in [0.1, 0.15) is 5.78 Å². The average molecular weight is 260 g/mol. The first kappa shape index (κ1) is 15.9. The van der Waals surface area contributed by atoms with Gasteiger partial charge in [-0.1, -0.05) is 71.9 Å². The molecule has 0 saturated carbocycles. The Labute approximate surface area is 118 Å². The highest BCUT2D eigenvalue weighted by molar-refractivity contribution is 5.92. The Kier molecular flexibility index (Phi) is 4.60. The topological polar surface area (TPSA) is 17.1 Å². The highest BCUT2D eigenvalue weighted by Gasteiger charge is 2.43. The lowest BCUT2D eigenvalue weighted by atomic mass is 9.63. The Morgan fingerprint density at radius 2 is 1.42 bits per heavy atom. The molecule has 0 aliphatic heterocycles. The van der Waals surface area contributed by atoms with Crippen LogP contribution in [0.3, 0.4) is 0 Å². The predicted molar refractivity (Wildman–Crippen MR) is 82.3 cm³/mol. The molecule has 1 nitrogen and oxygen atoms in total. The van der Waals surface area contributed by atoms with E-state index >= 15 is 0 Å². The average Bonchev–Trinajstić information content (AvgIpc) is 2.35. The van der Waals surface area contributed by atoms with Gasteiger partial charge in [0.2, 0.25) is 0 Å². The van der Waals surface area contributed by atoms with Crippen molar-refractivity contribution in [2.45, 2.75) is 53.9 Å². The predicted octanol–water partition coefficient (Wildman–Crippen LogP) is 4.85. The van der Waals surface area contributed by atoms with Crippen LogP contribution in [-0.2, 0) is 10.2 Å². The van der Waals surface area contributed by atoms with Crippen molar-refractivity contribution in [3.63, 3.8) is 0 Å². The van der Waals surface area contributed by atoms with E-state index < -0.39 is 5.41 Å². The fraction of sp³-hybridized carbons (Fsp3) is 0.611. The first-order valence-corrected chi connectivity index (χ1v) is 7.21. The molecule has 2 unspecified atom stereocenters. The Balaban J connectivity index is 3.26. The summed E-state index contributed by atoms with van der Waals surface area (Å²) in [6, 6.07) is 10.2. The van der Waals surface area contributed by atoms with Gasteiger partial charge in [-0.3, -0.25) is 4.79 Å². The summed E-state index contributed by atoms with van der Waals surface area (Å²) in [5, 5.41) is 0. The third-order valence-corrected chi connectivity index (χ3v) is 4.73. The molecule has 0 aliphatic rings. The van der Waals surface area contributed by atoms with Crippen molar-refractivity contribution in [1.29, 1.82) is 0 Å². The molecule has 0 bridgehead atoms. The molecule has 106 valence electrons. The molecule has 19 heavy (non-hydrogen) atoms. The Morgan fingerprint density at radius 1 is 0.947 bits per heavy atom. The largest absolute Gasteiger partial charge is 0.298 e. The van der Waals surface area contributed by atoms with Crippen LogP contribution in [0.2, 0.25) is 0 Å². The lowest BCUT2D eigenvalue weighted by Crippen LogP contribution is -2.44. The van der Waals surface area contributed by atoms with Gasteiger partial charge in [0.15, 0.2) is 0 Å². The summed E-state index contributed by atoms with van der Waals surface area (Å²) in [4.78, 5) is 13.1. The molecule has 0 radical (unpaired) electrons. The van der Waals surface area contributed by atoms with Gasteiger partial charge in [-0.25, -0.2) is 0 Å². The van der Waals surface area contributed by atoms with Crippen LogP contribution < -0.4 is 0 Å². The van der Waals surface area contributed by atoms with E-state index in [1.165, 1.54) is 0 Å². The van der Waals surface area contributed by atoms with Gasteiger partial charge in [-0.05, 0) is 23.8 Å². The minimum Gasteiger partial charge on any atom is -0.298 e. The summed E-state index contributed by atoms with van der Waals surface area (Å²) in [6.45, 7) is 14.9. The second-order valence-electron chi connectivity index (χ2n) is 7.18. The number of hydrogen-bond donors (Lipinski definition) is 0. The van der Waals surface area contributed by atoms with E-state index in [9.17, 15) is 4.79 Å². The second-order valence-corrected chi connectivity index (χ2v) is 7.18. The number of benzene rings is 1. The molecule has 2 atom stereocenters. The zero-order chi connectivity index (χ0) is 14.8. The van der Waals surface area contributed by atoms with Crippen LogP contribution in [0.25, 0.3) is 0 Å². The fourth-order valence-electron chi connectivity index (χ4n) is 2.39. The Morgan fingerprint density at radius 3 is 1.79 bits per heavy atom. The van der Waals surface area contributed by atoms with E-state index in [1.54, 1.807) is 0 Å². The molecule has 0 spiro atoms. The molecule has 0 amide bonds. The summed E-state index contributed by atoms with van der Waals surface area (Å²) in [7, 11) is 0. The van der Waals surface area contributed by atoms with Crippen molar-refractivity contribution in [2.24, 2.45) is 17.3 Å². The smallest absolute Gasteiger partial charge is 0.146 e. The normalized spacial score (nSPS) is 17.1. The van der Waals surface area contributed by atoms with Gasteiger partial charge < -0.3 is 0 Å². The van der Waals surface area contributed by atoms with Gasteiger partial charge in [-0.15, -0.1) is 0 Å². The van der Waals surface area contributed by atoms with Gasteiger partial charge in [0.25, 0.3) is 0 Å². The number of ketones is 1. The molecular weight excluding hydrogens is 232 g/mol. The lowest BCUT2D eigenvalue weighted by Gasteiger charge is -2.39. The van der Waals surface area contributed by atoms with Gasteiger partial charge in [-0.2, -0.15) is 0 Å². The third-order valence-electron chi connectivity index (χ3n) is 4.73. The molecule has 0 fully saturated rings. The molecule has 0 heterocycles. The van der Waals surface area contributed by atoms with Crippen molar-refractivity contribution in [1.82, 2.24) is 0 Å². The van der Waals surface area contributed by atoms with Crippen molar-refractivity contribution in [3.05, 3.63) is 35.9 Å². The number of hydrogen-bond acceptors (Lipinski definition) is 1. The van der Waals surface area contributed by atoms with Crippen LogP contribution in [0.5, 0.6) is 0 Å².